The summed E-state index contributed by atoms with van der Waals surface area (Å²) in [5.41, 5.74) is 2.26. The van der Waals surface area contributed by atoms with Gasteiger partial charge in [-0.2, -0.15) is 14.6 Å². The van der Waals surface area contributed by atoms with Gasteiger partial charge < -0.3 is 4.90 Å². The molecule has 0 saturated heterocycles. The van der Waals surface area contributed by atoms with Crippen LogP contribution in [0.3, 0.4) is 0 Å². The van der Waals surface area contributed by atoms with Gasteiger partial charge in [0.2, 0.25) is 0 Å². The number of hydrogen-bond acceptors (Lipinski definition) is 5. The topological polar surface area (TPSA) is 46.3 Å². The minimum absolute atomic E-state index is 0.665. The molecule has 0 bridgehead atoms. The number of fused-ring (bicyclic) bond motifs is 1. The lowest BCUT2D eigenvalue weighted by Crippen LogP contribution is -2.07. The third-order valence-corrected chi connectivity index (χ3v) is 4.36. The first-order chi connectivity index (χ1) is 10.7. The Kier molecular flexibility index (Phi) is 4.29. The number of hydrogen-bond donors (Lipinski definition) is 0. The van der Waals surface area contributed by atoms with Crippen molar-refractivity contribution in [2.75, 3.05) is 19.0 Å². The fraction of sp³-hybridized carbons (Fsp3) is 0.312. The van der Waals surface area contributed by atoms with Gasteiger partial charge in [0.05, 0.1) is 0 Å². The first-order valence-electron chi connectivity index (χ1n) is 7.32. The largest absolute Gasteiger partial charge is 0.378 e. The molecule has 0 amide bonds. The van der Waals surface area contributed by atoms with E-state index in [1.54, 1.807) is 22.6 Å². The zero-order valence-corrected chi connectivity index (χ0v) is 13.8. The van der Waals surface area contributed by atoms with Gasteiger partial charge in [-0.1, -0.05) is 25.1 Å². The SMILES string of the molecule is CCCc1cc(Sc2ccc(N(C)C)cc2)n2ncnc2n1. The van der Waals surface area contributed by atoms with Crippen molar-refractivity contribution >= 4 is 23.2 Å². The Balaban J connectivity index is 1.93. The van der Waals surface area contributed by atoms with Crippen LogP contribution in [0.25, 0.3) is 5.78 Å². The van der Waals surface area contributed by atoms with Crippen LogP contribution in [-0.4, -0.2) is 33.7 Å². The Bertz CT molecular complexity index is 764. The van der Waals surface area contributed by atoms with E-state index in [4.69, 9.17) is 0 Å². The van der Waals surface area contributed by atoms with Gasteiger partial charge in [-0.05, 0) is 36.8 Å². The molecule has 2 heterocycles. The number of anilines is 1. The van der Waals surface area contributed by atoms with E-state index in [0.717, 1.165) is 23.6 Å². The lowest BCUT2D eigenvalue weighted by Gasteiger charge is -2.12. The van der Waals surface area contributed by atoms with Gasteiger partial charge in [-0.3, -0.25) is 0 Å². The van der Waals surface area contributed by atoms with Crippen molar-refractivity contribution in [1.82, 2.24) is 19.6 Å². The van der Waals surface area contributed by atoms with E-state index < -0.39 is 0 Å². The maximum absolute atomic E-state index is 4.53. The molecule has 0 aliphatic heterocycles. The molecule has 0 unspecified atom stereocenters. The molecule has 0 aliphatic rings. The number of aromatic nitrogens is 4. The normalized spacial score (nSPS) is 11.0. The number of rotatable bonds is 5. The second-order valence-electron chi connectivity index (χ2n) is 5.30. The van der Waals surface area contributed by atoms with Crippen molar-refractivity contribution < 1.29 is 0 Å². The summed E-state index contributed by atoms with van der Waals surface area (Å²) in [4.78, 5) is 12.0. The zero-order valence-electron chi connectivity index (χ0n) is 13.0. The predicted octanol–water partition coefficient (Wildman–Crippen LogP) is 3.29. The molecule has 0 fully saturated rings. The minimum atomic E-state index is 0.665. The zero-order chi connectivity index (χ0) is 15.5. The Morgan fingerprint density at radius 2 is 1.95 bits per heavy atom. The fourth-order valence-electron chi connectivity index (χ4n) is 2.22. The van der Waals surface area contributed by atoms with Crippen LogP contribution in [-0.2, 0) is 6.42 Å². The van der Waals surface area contributed by atoms with Crippen molar-refractivity contribution in [3.8, 4) is 0 Å². The summed E-state index contributed by atoms with van der Waals surface area (Å²) in [6.07, 6.45) is 3.58. The molecule has 22 heavy (non-hydrogen) atoms. The quantitative estimate of drug-likeness (QED) is 0.676. The third-order valence-electron chi connectivity index (χ3n) is 3.35. The second kappa shape index (κ2) is 6.36. The molecule has 0 atom stereocenters. The number of aryl methyl sites for hydroxylation is 1. The standard InChI is InChI=1S/C16H19N5S/c1-4-5-12-10-15(21-16(19-12)17-11-18-21)22-14-8-6-13(7-9-14)20(2)3/h6-11H,4-5H2,1-3H3. The molecule has 114 valence electrons. The van der Waals surface area contributed by atoms with E-state index in [0.29, 0.717) is 5.78 Å². The average molecular weight is 313 g/mol. The molecular weight excluding hydrogens is 294 g/mol. The maximum atomic E-state index is 4.53. The van der Waals surface area contributed by atoms with E-state index in [1.807, 2.05) is 14.1 Å². The van der Waals surface area contributed by atoms with Gasteiger partial charge >= 0.3 is 0 Å². The van der Waals surface area contributed by atoms with Gasteiger partial charge in [0.1, 0.15) is 11.4 Å². The summed E-state index contributed by atoms with van der Waals surface area (Å²) in [6, 6.07) is 10.6. The molecule has 6 heteroatoms. The molecule has 0 spiro atoms. The molecule has 0 N–H and O–H groups in total. The van der Waals surface area contributed by atoms with E-state index in [-0.39, 0.29) is 0 Å². The highest BCUT2D eigenvalue weighted by Gasteiger charge is 2.09. The molecule has 3 aromatic rings. The highest BCUT2D eigenvalue weighted by atomic mass is 32.2. The Labute approximate surface area is 134 Å². The average Bonchev–Trinajstić information content (AvgIpc) is 2.97. The first-order valence-corrected chi connectivity index (χ1v) is 8.14. The van der Waals surface area contributed by atoms with Gasteiger partial charge in [0.15, 0.2) is 0 Å². The Morgan fingerprint density at radius 3 is 2.64 bits per heavy atom. The lowest BCUT2D eigenvalue weighted by atomic mass is 10.2. The van der Waals surface area contributed by atoms with Crippen molar-refractivity contribution in [1.29, 1.82) is 0 Å². The number of nitrogens with zero attached hydrogens (tertiary/aromatic N) is 5. The highest BCUT2D eigenvalue weighted by Crippen LogP contribution is 2.29. The second-order valence-corrected chi connectivity index (χ2v) is 6.39. The van der Waals surface area contributed by atoms with E-state index in [2.05, 4.69) is 57.2 Å². The van der Waals surface area contributed by atoms with Crippen LogP contribution in [0.1, 0.15) is 19.0 Å². The van der Waals surface area contributed by atoms with Gasteiger partial charge in [-0.15, -0.1) is 0 Å². The van der Waals surface area contributed by atoms with Crippen LogP contribution in [0.4, 0.5) is 5.69 Å². The molecule has 0 radical (unpaired) electrons. The monoisotopic (exact) mass is 313 g/mol. The van der Waals surface area contributed by atoms with E-state index in [1.165, 1.54) is 10.6 Å². The maximum Gasteiger partial charge on any atom is 0.253 e. The minimum Gasteiger partial charge on any atom is -0.378 e. The lowest BCUT2D eigenvalue weighted by molar-refractivity contribution is 0.802. The summed E-state index contributed by atoms with van der Waals surface area (Å²) in [5.74, 6) is 0.665. The van der Waals surface area contributed by atoms with Gasteiger partial charge in [-0.25, -0.2) is 4.98 Å². The first kappa shape index (κ1) is 14.8. The van der Waals surface area contributed by atoms with Gasteiger partial charge in [0, 0.05) is 30.4 Å². The molecule has 0 aliphatic carbocycles. The van der Waals surface area contributed by atoms with E-state index in [9.17, 15) is 0 Å². The summed E-state index contributed by atoms with van der Waals surface area (Å²) >= 11 is 1.68. The molecule has 5 nitrogen and oxygen atoms in total. The third kappa shape index (κ3) is 3.06. The number of benzene rings is 1. The van der Waals surface area contributed by atoms with Crippen LogP contribution in [0.2, 0.25) is 0 Å². The van der Waals surface area contributed by atoms with Crippen molar-refractivity contribution in [3.63, 3.8) is 0 Å². The predicted molar refractivity (Wildman–Crippen MR) is 89.7 cm³/mol. The summed E-state index contributed by atoms with van der Waals surface area (Å²) < 4.78 is 1.80. The van der Waals surface area contributed by atoms with Crippen LogP contribution >= 0.6 is 11.8 Å². The van der Waals surface area contributed by atoms with Gasteiger partial charge in [0.25, 0.3) is 5.78 Å². The Hall–Kier alpha value is -2.08. The summed E-state index contributed by atoms with van der Waals surface area (Å²) in [5, 5.41) is 5.32. The summed E-state index contributed by atoms with van der Waals surface area (Å²) in [7, 11) is 4.09. The summed E-state index contributed by atoms with van der Waals surface area (Å²) in [6.45, 7) is 2.16. The molecular formula is C16H19N5S. The molecule has 0 saturated carbocycles. The molecule has 1 aromatic carbocycles. The van der Waals surface area contributed by atoms with Crippen molar-refractivity contribution in [2.24, 2.45) is 0 Å². The van der Waals surface area contributed by atoms with Crippen LogP contribution in [0, 0.1) is 0 Å². The van der Waals surface area contributed by atoms with Crippen LogP contribution in [0.15, 0.2) is 46.6 Å². The molecule has 2 aromatic heterocycles. The van der Waals surface area contributed by atoms with E-state index >= 15 is 0 Å². The highest BCUT2D eigenvalue weighted by molar-refractivity contribution is 7.99. The van der Waals surface area contributed by atoms with Crippen LogP contribution in [0.5, 0.6) is 0 Å². The van der Waals surface area contributed by atoms with Crippen molar-refractivity contribution in [3.05, 3.63) is 42.4 Å². The smallest absolute Gasteiger partial charge is 0.253 e. The fourth-order valence-corrected chi connectivity index (χ4v) is 3.15. The van der Waals surface area contributed by atoms with Crippen molar-refractivity contribution in [2.45, 2.75) is 29.7 Å². The van der Waals surface area contributed by atoms with Crippen LogP contribution < -0.4 is 4.90 Å². The molecule has 3 rings (SSSR count). The Morgan fingerprint density at radius 1 is 1.18 bits per heavy atom.